The van der Waals surface area contributed by atoms with E-state index >= 15 is 0 Å². The van der Waals surface area contributed by atoms with Crippen molar-refractivity contribution in [2.45, 2.75) is 46.5 Å². The van der Waals surface area contributed by atoms with Gasteiger partial charge in [-0.05, 0) is 24.7 Å². The van der Waals surface area contributed by atoms with Crippen LogP contribution in [0.2, 0.25) is 0 Å². The Balaban J connectivity index is 2.80. The summed E-state index contributed by atoms with van der Waals surface area (Å²) in [5.74, 6) is 0.916. The van der Waals surface area contributed by atoms with Crippen molar-refractivity contribution in [1.29, 1.82) is 0 Å². The molecule has 0 bridgehead atoms. The van der Waals surface area contributed by atoms with Gasteiger partial charge in [-0.3, -0.25) is 0 Å². The highest BCUT2D eigenvalue weighted by Gasteiger charge is 1.93. The molecule has 0 nitrogen and oxygen atoms in total. The van der Waals surface area contributed by atoms with Crippen molar-refractivity contribution in [3.05, 3.63) is 0 Å². The highest BCUT2D eigenvalue weighted by Crippen LogP contribution is 2.17. The fourth-order valence-electron chi connectivity index (χ4n) is 1.07. The summed E-state index contributed by atoms with van der Waals surface area (Å²) in [5, 5.41) is 0. The molecule has 0 rings (SSSR count). The predicted octanol–water partition coefficient (Wildman–Crippen LogP) is 3.90. The molecule has 0 aromatic rings. The summed E-state index contributed by atoms with van der Waals surface area (Å²) < 4.78 is 0. The van der Waals surface area contributed by atoms with E-state index in [4.69, 9.17) is 0 Å². The molecule has 1 unspecified atom stereocenters. The van der Waals surface area contributed by atoms with Crippen molar-refractivity contribution >= 4 is 8.58 Å². The second-order valence-corrected chi connectivity index (χ2v) is 5.07. The van der Waals surface area contributed by atoms with Gasteiger partial charge in [-0.1, -0.05) is 40.0 Å². The van der Waals surface area contributed by atoms with Crippen LogP contribution >= 0.6 is 8.58 Å². The maximum Gasteiger partial charge on any atom is -0.0330 e. The second kappa shape index (κ2) is 8.53. The van der Waals surface area contributed by atoms with Gasteiger partial charge in [0, 0.05) is 0 Å². The van der Waals surface area contributed by atoms with Crippen LogP contribution in [0, 0.1) is 5.92 Å². The van der Waals surface area contributed by atoms with Crippen LogP contribution in [0.25, 0.3) is 0 Å². The molecule has 0 N–H and O–H groups in total. The van der Waals surface area contributed by atoms with E-state index in [2.05, 4.69) is 20.8 Å². The smallest absolute Gasteiger partial charge is 0.0330 e. The Morgan fingerprint density at radius 1 is 1.09 bits per heavy atom. The molecule has 0 fully saturated rings. The minimum atomic E-state index is 0.916. The van der Waals surface area contributed by atoms with Crippen LogP contribution in [0.5, 0.6) is 0 Å². The maximum absolute atomic E-state index is 2.32. The lowest BCUT2D eigenvalue weighted by Crippen LogP contribution is -1.90. The van der Waals surface area contributed by atoms with E-state index in [1.807, 2.05) is 0 Å². The van der Waals surface area contributed by atoms with Crippen LogP contribution in [0.1, 0.15) is 46.5 Å². The lowest BCUT2D eigenvalue weighted by Gasteiger charge is -2.03. The quantitative estimate of drug-likeness (QED) is 0.405. The van der Waals surface area contributed by atoms with Crippen LogP contribution < -0.4 is 0 Å². The zero-order valence-electron chi connectivity index (χ0n) is 8.32. The Labute approximate surface area is 73.9 Å². The lowest BCUT2D eigenvalue weighted by atomic mass is 10.2. The van der Waals surface area contributed by atoms with Crippen LogP contribution in [-0.4, -0.2) is 12.3 Å². The van der Waals surface area contributed by atoms with E-state index in [-0.39, 0.29) is 0 Å². The van der Waals surface area contributed by atoms with Gasteiger partial charge in [0.05, 0.1) is 0 Å². The molecule has 1 heteroatoms. The molecule has 0 saturated heterocycles. The van der Waals surface area contributed by atoms with Gasteiger partial charge < -0.3 is 0 Å². The molecular formula is C10H23P. The molecule has 68 valence electrons. The molecule has 0 spiro atoms. The van der Waals surface area contributed by atoms with Crippen molar-refractivity contribution in [1.82, 2.24) is 0 Å². The van der Waals surface area contributed by atoms with Gasteiger partial charge in [0.25, 0.3) is 0 Å². The van der Waals surface area contributed by atoms with Crippen molar-refractivity contribution in [3.63, 3.8) is 0 Å². The number of hydrogen-bond acceptors (Lipinski definition) is 0. The fraction of sp³-hybridized carbons (Fsp3) is 1.00. The molecule has 0 amide bonds. The first-order valence-electron chi connectivity index (χ1n) is 4.98. The standard InChI is InChI=1S/C10H23P/c1-4-5-6-7-8-11-9-10(2)3/h10-11H,4-9H2,1-3H3. The van der Waals surface area contributed by atoms with Gasteiger partial charge in [0.15, 0.2) is 0 Å². The van der Waals surface area contributed by atoms with Gasteiger partial charge in [-0.2, -0.15) is 0 Å². The summed E-state index contributed by atoms with van der Waals surface area (Å²) in [6.45, 7) is 6.91. The molecule has 0 heterocycles. The number of unbranched alkanes of at least 4 members (excludes halogenated alkanes) is 3. The third-order valence-electron chi connectivity index (χ3n) is 1.76. The third-order valence-corrected chi connectivity index (χ3v) is 3.57. The largest absolute Gasteiger partial charge is 0.122 e. The summed E-state index contributed by atoms with van der Waals surface area (Å²) in [5.41, 5.74) is 0. The average Bonchev–Trinajstić information content (AvgIpc) is 1.96. The van der Waals surface area contributed by atoms with E-state index in [0.29, 0.717) is 0 Å². The van der Waals surface area contributed by atoms with Crippen LogP contribution in [0.15, 0.2) is 0 Å². The molecule has 0 aromatic heterocycles. The molecule has 0 aliphatic heterocycles. The first-order valence-corrected chi connectivity index (χ1v) is 6.39. The first kappa shape index (κ1) is 11.4. The third kappa shape index (κ3) is 10.4. The van der Waals surface area contributed by atoms with E-state index in [1.165, 1.54) is 46.6 Å². The van der Waals surface area contributed by atoms with Gasteiger partial charge >= 0.3 is 0 Å². The molecule has 0 saturated carbocycles. The van der Waals surface area contributed by atoms with Gasteiger partial charge in [-0.25, -0.2) is 0 Å². The molecule has 11 heavy (non-hydrogen) atoms. The van der Waals surface area contributed by atoms with E-state index < -0.39 is 0 Å². The highest BCUT2D eigenvalue weighted by molar-refractivity contribution is 7.37. The molecule has 0 aromatic carbocycles. The van der Waals surface area contributed by atoms with Crippen LogP contribution in [0.4, 0.5) is 0 Å². The Hall–Kier alpha value is 0.430. The minimum Gasteiger partial charge on any atom is -0.122 e. The average molecular weight is 174 g/mol. The summed E-state index contributed by atoms with van der Waals surface area (Å²) in [6, 6.07) is 0. The molecule has 0 radical (unpaired) electrons. The number of rotatable bonds is 7. The predicted molar refractivity (Wildman–Crippen MR) is 57.0 cm³/mol. The van der Waals surface area contributed by atoms with Crippen molar-refractivity contribution in [2.75, 3.05) is 12.3 Å². The van der Waals surface area contributed by atoms with Gasteiger partial charge in [0.2, 0.25) is 0 Å². The Morgan fingerprint density at radius 2 is 1.82 bits per heavy atom. The zero-order valence-corrected chi connectivity index (χ0v) is 9.32. The molecule has 0 aliphatic rings. The van der Waals surface area contributed by atoms with E-state index in [1.54, 1.807) is 0 Å². The molecule has 1 atom stereocenters. The zero-order chi connectivity index (χ0) is 8.53. The van der Waals surface area contributed by atoms with Crippen LogP contribution in [0.3, 0.4) is 0 Å². The minimum absolute atomic E-state index is 0.916. The SMILES string of the molecule is CCCCCCPCC(C)C. The van der Waals surface area contributed by atoms with E-state index in [0.717, 1.165) is 5.92 Å². The topological polar surface area (TPSA) is 0 Å². The first-order chi connectivity index (χ1) is 5.27. The summed E-state index contributed by atoms with van der Waals surface area (Å²) in [4.78, 5) is 0. The van der Waals surface area contributed by atoms with Crippen molar-refractivity contribution in [2.24, 2.45) is 5.92 Å². The van der Waals surface area contributed by atoms with Crippen molar-refractivity contribution < 1.29 is 0 Å². The Bertz CT molecular complexity index is 69.3. The fourth-order valence-corrected chi connectivity index (χ4v) is 2.35. The highest BCUT2D eigenvalue weighted by atomic mass is 31.1. The van der Waals surface area contributed by atoms with Crippen LogP contribution in [-0.2, 0) is 0 Å². The summed E-state index contributed by atoms with van der Waals surface area (Å²) >= 11 is 0. The second-order valence-electron chi connectivity index (χ2n) is 3.66. The normalized spacial score (nSPS) is 12.0. The maximum atomic E-state index is 2.32. The van der Waals surface area contributed by atoms with Gasteiger partial charge in [-0.15, -0.1) is 8.58 Å². The van der Waals surface area contributed by atoms with Gasteiger partial charge in [0.1, 0.15) is 0 Å². The summed E-state index contributed by atoms with van der Waals surface area (Å²) in [6.07, 6.45) is 8.67. The lowest BCUT2D eigenvalue weighted by molar-refractivity contribution is 0.702. The molecular weight excluding hydrogens is 151 g/mol. The van der Waals surface area contributed by atoms with Crippen molar-refractivity contribution in [3.8, 4) is 0 Å². The van der Waals surface area contributed by atoms with E-state index in [9.17, 15) is 0 Å². The Kier molecular flexibility index (Phi) is 8.86. The summed E-state index contributed by atoms with van der Waals surface area (Å²) in [7, 11) is 1.22. The Morgan fingerprint density at radius 3 is 2.36 bits per heavy atom. The molecule has 0 aliphatic carbocycles. The monoisotopic (exact) mass is 174 g/mol. The number of hydrogen-bond donors (Lipinski definition) is 0.